The number of aromatic nitrogens is 1. The predicted octanol–water partition coefficient (Wildman–Crippen LogP) is 1.87. The van der Waals surface area contributed by atoms with Crippen LogP contribution in [0.2, 0.25) is 0 Å². The van der Waals surface area contributed by atoms with Crippen molar-refractivity contribution in [2.24, 2.45) is 0 Å². The van der Waals surface area contributed by atoms with E-state index in [1.165, 1.54) is 4.88 Å². The molecule has 0 saturated heterocycles. The Kier molecular flexibility index (Phi) is 4.51. The molecule has 1 heterocycles. The van der Waals surface area contributed by atoms with Crippen LogP contribution in [0.15, 0.2) is 6.20 Å². The van der Waals surface area contributed by atoms with Crippen LogP contribution in [-0.2, 0) is 0 Å². The summed E-state index contributed by atoms with van der Waals surface area (Å²) in [4.78, 5) is 5.48. The van der Waals surface area contributed by atoms with Crippen LogP contribution in [0.4, 0.5) is 0 Å². The van der Waals surface area contributed by atoms with Gasteiger partial charge in [-0.3, -0.25) is 0 Å². The van der Waals surface area contributed by atoms with Gasteiger partial charge < -0.3 is 10.4 Å². The lowest BCUT2D eigenvalue weighted by Crippen LogP contribution is -2.29. The number of aliphatic hydroxyl groups excluding tert-OH is 1. The topological polar surface area (TPSA) is 45.2 Å². The molecule has 2 N–H and O–H groups in total. The van der Waals surface area contributed by atoms with Crippen molar-refractivity contribution >= 4 is 11.3 Å². The lowest BCUT2D eigenvalue weighted by atomic mass is 10.2. The fraction of sp³-hybridized carbons (Fsp3) is 0.700. The average Bonchev–Trinajstić information content (AvgIpc) is 2.52. The van der Waals surface area contributed by atoms with Crippen molar-refractivity contribution in [2.45, 2.75) is 39.3 Å². The third-order valence-electron chi connectivity index (χ3n) is 2.16. The van der Waals surface area contributed by atoms with Crippen molar-refractivity contribution in [2.75, 3.05) is 6.61 Å². The maximum atomic E-state index is 8.77. The maximum Gasteiger partial charge on any atom is 0.0897 e. The van der Waals surface area contributed by atoms with Crippen molar-refractivity contribution in [1.29, 1.82) is 0 Å². The van der Waals surface area contributed by atoms with E-state index in [1.54, 1.807) is 11.3 Å². The number of thiazole rings is 1. The van der Waals surface area contributed by atoms with Gasteiger partial charge in [0.15, 0.2) is 0 Å². The fourth-order valence-electron chi connectivity index (χ4n) is 1.36. The second-order valence-corrected chi connectivity index (χ2v) is 4.85. The molecule has 0 amide bonds. The molecule has 0 fully saturated rings. The molecular formula is C10H18N2OS. The number of rotatable bonds is 5. The Morgan fingerprint density at radius 1 is 1.57 bits per heavy atom. The zero-order chi connectivity index (χ0) is 10.6. The summed E-state index contributed by atoms with van der Waals surface area (Å²) in [5.74, 6) is 0. The maximum absolute atomic E-state index is 8.77. The van der Waals surface area contributed by atoms with E-state index >= 15 is 0 Å². The first-order chi connectivity index (χ1) is 6.63. The van der Waals surface area contributed by atoms with Gasteiger partial charge in [0.25, 0.3) is 0 Å². The first-order valence-corrected chi connectivity index (χ1v) is 5.74. The smallest absolute Gasteiger partial charge is 0.0897 e. The van der Waals surface area contributed by atoms with Crippen LogP contribution in [0, 0.1) is 6.92 Å². The number of aliphatic hydroxyl groups is 1. The Bertz CT molecular complexity index is 275. The third-order valence-corrected chi connectivity index (χ3v) is 3.26. The lowest BCUT2D eigenvalue weighted by molar-refractivity contribution is 0.265. The van der Waals surface area contributed by atoms with E-state index in [0.29, 0.717) is 12.1 Å². The normalized spacial score (nSPS) is 15.4. The largest absolute Gasteiger partial charge is 0.396 e. The highest BCUT2D eigenvalue weighted by molar-refractivity contribution is 7.11. The van der Waals surface area contributed by atoms with Crippen LogP contribution in [0.5, 0.6) is 0 Å². The van der Waals surface area contributed by atoms with Gasteiger partial charge in [-0.15, -0.1) is 11.3 Å². The van der Waals surface area contributed by atoms with E-state index in [9.17, 15) is 0 Å². The molecule has 0 aliphatic carbocycles. The number of nitrogens with zero attached hydrogens (tertiary/aromatic N) is 1. The third kappa shape index (κ3) is 3.36. The molecule has 0 bridgehead atoms. The first kappa shape index (κ1) is 11.6. The lowest BCUT2D eigenvalue weighted by Gasteiger charge is -2.17. The molecule has 2 unspecified atom stereocenters. The molecule has 0 spiro atoms. The van der Waals surface area contributed by atoms with Gasteiger partial charge in [0.1, 0.15) is 0 Å². The van der Waals surface area contributed by atoms with E-state index in [1.807, 2.05) is 13.1 Å². The molecule has 1 aromatic heterocycles. The van der Waals surface area contributed by atoms with Gasteiger partial charge in [0.2, 0.25) is 0 Å². The molecule has 0 aromatic carbocycles. The van der Waals surface area contributed by atoms with Gasteiger partial charge in [-0.2, -0.15) is 0 Å². The summed E-state index contributed by atoms with van der Waals surface area (Å²) in [6.07, 6.45) is 2.71. The summed E-state index contributed by atoms with van der Waals surface area (Å²) in [6.45, 7) is 6.46. The summed E-state index contributed by atoms with van der Waals surface area (Å²) >= 11 is 1.72. The average molecular weight is 214 g/mol. The summed E-state index contributed by atoms with van der Waals surface area (Å²) in [6, 6.07) is 0.667. The number of hydrogen-bond acceptors (Lipinski definition) is 4. The van der Waals surface area contributed by atoms with Crippen molar-refractivity contribution in [3.63, 3.8) is 0 Å². The zero-order valence-corrected chi connectivity index (χ0v) is 9.77. The van der Waals surface area contributed by atoms with Crippen LogP contribution in [0.3, 0.4) is 0 Å². The first-order valence-electron chi connectivity index (χ1n) is 4.92. The molecule has 1 rings (SSSR count). The number of nitrogens with one attached hydrogen (secondary N) is 1. The second-order valence-electron chi connectivity index (χ2n) is 3.58. The van der Waals surface area contributed by atoms with E-state index in [0.717, 1.165) is 11.4 Å². The minimum absolute atomic E-state index is 0.239. The minimum atomic E-state index is 0.239. The van der Waals surface area contributed by atoms with Crippen molar-refractivity contribution < 1.29 is 5.11 Å². The summed E-state index contributed by atoms with van der Waals surface area (Å²) < 4.78 is 0. The molecule has 0 saturated carbocycles. The second kappa shape index (κ2) is 5.44. The highest BCUT2D eigenvalue weighted by atomic mass is 32.1. The molecule has 2 atom stereocenters. The summed E-state index contributed by atoms with van der Waals surface area (Å²) in [7, 11) is 0. The predicted molar refractivity (Wildman–Crippen MR) is 59.6 cm³/mol. The van der Waals surface area contributed by atoms with Gasteiger partial charge in [-0.1, -0.05) is 0 Å². The van der Waals surface area contributed by atoms with Gasteiger partial charge >= 0.3 is 0 Å². The van der Waals surface area contributed by atoms with Crippen molar-refractivity contribution in [1.82, 2.24) is 10.3 Å². The van der Waals surface area contributed by atoms with E-state index in [-0.39, 0.29) is 6.61 Å². The highest BCUT2D eigenvalue weighted by Crippen LogP contribution is 2.20. The van der Waals surface area contributed by atoms with E-state index < -0.39 is 0 Å². The van der Waals surface area contributed by atoms with E-state index in [2.05, 4.69) is 24.1 Å². The molecule has 4 heteroatoms. The SMILES string of the molecule is Cc1ncc(C(C)NC(C)CCO)s1. The monoisotopic (exact) mass is 214 g/mol. The molecular weight excluding hydrogens is 196 g/mol. The molecule has 80 valence electrons. The summed E-state index contributed by atoms with van der Waals surface area (Å²) in [5.41, 5.74) is 0. The number of hydrogen-bond donors (Lipinski definition) is 2. The van der Waals surface area contributed by atoms with Gasteiger partial charge in [-0.25, -0.2) is 4.98 Å². The van der Waals surface area contributed by atoms with Crippen LogP contribution in [0.25, 0.3) is 0 Å². The van der Waals surface area contributed by atoms with Gasteiger partial charge in [-0.05, 0) is 27.2 Å². The molecule has 0 aliphatic rings. The highest BCUT2D eigenvalue weighted by Gasteiger charge is 2.10. The Morgan fingerprint density at radius 3 is 2.79 bits per heavy atom. The van der Waals surface area contributed by atoms with Gasteiger partial charge in [0.05, 0.1) is 5.01 Å². The Balaban J connectivity index is 2.45. The Hall–Kier alpha value is -0.450. The summed E-state index contributed by atoms with van der Waals surface area (Å²) in [5, 5.41) is 13.3. The Labute approximate surface area is 89.2 Å². The molecule has 14 heavy (non-hydrogen) atoms. The van der Waals surface area contributed by atoms with Crippen LogP contribution >= 0.6 is 11.3 Å². The Morgan fingerprint density at radius 2 is 2.29 bits per heavy atom. The zero-order valence-electron chi connectivity index (χ0n) is 8.95. The van der Waals surface area contributed by atoms with Crippen molar-refractivity contribution in [3.05, 3.63) is 16.1 Å². The number of aryl methyl sites for hydroxylation is 1. The minimum Gasteiger partial charge on any atom is -0.396 e. The van der Waals surface area contributed by atoms with Crippen LogP contribution in [0.1, 0.15) is 36.2 Å². The van der Waals surface area contributed by atoms with Crippen LogP contribution < -0.4 is 5.32 Å². The van der Waals surface area contributed by atoms with Crippen molar-refractivity contribution in [3.8, 4) is 0 Å². The quantitative estimate of drug-likeness (QED) is 0.786. The molecule has 0 radical (unpaired) electrons. The fourth-order valence-corrected chi connectivity index (χ4v) is 2.16. The molecule has 3 nitrogen and oxygen atoms in total. The van der Waals surface area contributed by atoms with Crippen LogP contribution in [-0.4, -0.2) is 22.7 Å². The van der Waals surface area contributed by atoms with E-state index in [4.69, 9.17) is 5.11 Å². The molecule has 1 aromatic rings. The van der Waals surface area contributed by atoms with Gasteiger partial charge in [0, 0.05) is 29.8 Å². The molecule has 0 aliphatic heterocycles. The standard InChI is InChI=1S/C10H18N2OS/c1-7(4-5-13)12-8(2)10-6-11-9(3)14-10/h6-8,12-13H,4-5H2,1-3H3.